The van der Waals surface area contributed by atoms with E-state index in [0.29, 0.717) is 6.04 Å². The Kier molecular flexibility index (Phi) is 5.97. The van der Waals surface area contributed by atoms with Gasteiger partial charge in [-0.3, -0.25) is 4.90 Å². The maximum absolute atomic E-state index is 6.16. The first-order valence-electron chi connectivity index (χ1n) is 8.32. The van der Waals surface area contributed by atoms with Crippen LogP contribution in [0.2, 0.25) is 0 Å². The van der Waals surface area contributed by atoms with E-state index in [0.717, 1.165) is 18.5 Å². The Bertz CT molecular complexity index is 221. The zero-order valence-corrected chi connectivity index (χ0v) is 12.2. The SMILES string of the molecule is CCC1CCCCN1C(CN)C1CCCCCC1. The summed E-state index contributed by atoms with van der Waals surface area (Å²) in [6.45, 7) is 4.53. The molecule has 2 nitrogen and oxygen atoms in total. The van der Waals surface area contributed by atoms with Crippen LogP contribution in [0, 0.1) is 5.92 Å². The quantitative estimate of drug-likeness (QED) is 0.775. The van der Waals surface area contributed by atoms with Gasteiger partial charge in [0.1, 0.15) is 0 Å². The molecule has 2 fully saturated rings. The molecule has 2 rings (SSSR count). The van der Waals surface area contributed by atoms with Crippen LogP contribution in [0.3, 0.4) is 0 Å². The minimum absolute atomic E-state index is 0.674. The van der Waals surface area contributed by atoms with Crippen LogP contribution in [0.1, 0.15) is 71.1 Å². The third-order valence-corrected chi connectivity index (χ3v) is 5.26. The molecule has 0 amide bonds. The van der Waals surface area contributed by atoms with Crippen molar-refractivity contribution in [2.24, 2.45) is 11.7 Å². The van der Waals surface area contributed by atoms with E-state index in [1.54, 1.807) is 0 Å². The van der Waals surface area contributed by atoms with Crippen molar-refractivity contribution in [1.29, 1.82) is 0 Å². The molecule has 0 bridgehead atoms. The van der Waals surface area contributed by atoms with Gasteiger partial charge in [-0.25, -0.2) is 0 Å². The molecular weight excluding hydrogens is 220 g/mol. The molecule has 0 aromatic heterocycles. The maximum atomic E-state index is 6.16. The number of nitrogens with zero attached hydrogens (tertiary/aromatic N) is 1. The van der Waals surface area contributed by atoms with E-state index in [-0.39, 0.29) is 0 Å². The summed E-state index contributed by atoms with van der Waals surface area (Å²) in [6, 6.07) is 1.49. The third-order valence-electron chi connectivity index (χ3n) is 5.26. The van der Waals surface area contributed by atoms with Crippen molar-refractivity contribution < 1.29 is 0 Å². The Hall–Kier alpha value is -0.0800. The van der Waals surface area contributed by atoms with E-state index >= 15 is 0 Å². The van der Waals surface area contributed by atoms with Crippen LogP contribution in [0.5, 0.6) is 0 Å². The molecule has 1 heterocycles. The summed E-state index contributed by atoms with van der Waals surface area (Å²) < 4.78 is 0. The average molecular weight is 252 g/mol. The highest BCUT2D eigenvalue weighted by atomic mass is 15.2. The number of nitrogens with two attached hydrogens (primary N) is 1. The summed E-state index contributed by atoms with van der Waals surface area (Å²) in [6.07, 6.45) is 14.1. The molecule has 2 atom stereocenters. The molecule has 18 heavy (non-hydrogen) atoms. The largest absolute Gasteiger partial charge is 0.329 e. The number of hydrogen-bond acceptors (Lipinski definition) is 2. The molecule has 2 N–H and O–H groups in total. The molecule has 2 heteroatoms. The first-order valence-corrected chi connectivity index (χ1v) is 8.32. The lowest BCUT2D eigenvalue weighted by molar-refractivity contribution is 0.0578. The monoisotopic (exact) mass is 252 g/mol. The highest BCUT2D eigenvalue weighted by Crippen LogP contribution is 2.31. The molecule has 0 aromatic rings. The topological polar surface area (TPSA) is 29.3 Å². The van der Waals surface area contributed by atoms with Crippen LogP contribution in [-0.2, 0) is 0 Å². The number of piperidine rings is 1. The van der Waals surface area contributed by atoms with Crippen molar-refractivity contribution >= 4 is 0 Å². The second-order valence-electron chi connectivity index (χ2n) is 6.35. The molecule has 1 aliphatic carbocycles. The first-order chi connectivity index (χ1) is 8.86. The van der Waals surface area contributed by atoms with Crippen molar-refractivity contribution in [1.82, 2.24) is 4.90 Å². The van der Waals surface area contributed by atoms with Crippen molar-refractivity contribution in [3.63, 3.8) is 0 Å². The Morgan fingerprint density at radius 3 is 2.28 bits per heavy atom. The van der Waals surface area contributed by atoms with Crippen LogP contribution in [0.15, 0.2) is 0 Å². The van der Waals surface area contributed by atoms with E-state index in [1.807, 2.05) is 0 Å². The van der Waals surface area contributed by atoms with Gasteiger partial charge in [0.25, 0.3) is 0 Å². The smallest absolute Gasteiger partial charge is 0.0249 e. The van der Waals surface area contributed by atoms with Gasteiger partial charge < -0.3 is 5.73 Å². The zero-order valence-electron chi connectivity index (χ0n) is 12.2. The standard InChI is InChI=1S/C16H32N2/c1-2-15-11-7-8-12-18(15)16(13-17)14-9-5-3-4-6-10-14/h14-16H,2-13,17H2,1H3. The highest BCUT2D eigenvalue weighted by Gasteiger charge is 2.32. The second-order valence-corrected chi connectivity index (χ2v) is 6.35. The molecule has 1 saturated heterocycles. The second kappa shape index (κ2) is 7.49. The summed E-state index contributed by atoms with van der Waals surface area (Å²) >= 11 is 0. The van der Waals surface area contributed by atoms with E-state index in [4.69, 9.17) is 5.73 Å². The van der Waals surface area contributed by atoms with Gasteiger partial charge in [-0.05, 0) is 44.6 Å². The van der Waals surface area contributed by atoms with Crippen molar-refractivity contribution in [3.8, 4) is 0 Å². The van der Waals surface area contributed by atoms with Crippen molar-refractivity contribution in [2.75, 3.05) is 13.1 Å². The van der Waals surface area contributed by atoms with Gasteiger partial charge in [-0.15, -0.1) is 0 Å². The third kappa shape index (κ3) is 3.48. The zero-order chi connectivity index (χ0) is 12.8. The van der Waals surface area contributed by atoms with Gasteiger partial charge in [0.05, 0.1) is 0 Å². The lowest BCUT2D eigenvalue weighted by Gasteiger charge is -2.44. The molecule has 2 unspecified atom stereocenters. The summed E-state index contributed by atoms with van der Waals surface area (Å²) in [5.74, 6) is 0.879. The Labute approximate surface area is 113 Å². The number of likely N-dealkylation sites (tertiary alicyclic amines) is 1. The molecule has 2 aliphatic rings. The van der Waals surface area contributed by atoms with Crippen LogP contribution in [0.25, 0.3) is 0 Å². The summed E-state index contributed by atoms with van der Waals surface area (Å²) in [4.78, 5) is 2.79. The molecule has 0 spiro atoms. The lowest BCUT2D eigenvalue weighted by Crippen LogP contribution is -2.52. The van der Waals surface area contributed by atoms with Crippen LogP contribution >= 0.6 is 0 Å². The fourth-order valence-electron chi connectivity index (χ4n) is 4.19. The van der Waals surface area contributed by atoms with Gasteiger partial charge in [0, 0.05) is 18.6 Å². The molecule has 0 radical (unpaired) electrons. The minimum Gasteiger partial charge on any atom is -0.329 e. The Morgan fingerprint density at radius 2 is 1.67 bits per heavy atom. The Morgan fingerprint density at radius 1 is 1.00 bits per heavy atom. The molecule has 1 aliphatic heterocycles. The fourth-order valence-corrected chi connectivity index (χ4v) is 4.19. The van der Waals surface area contributed by atoms with E-state index in [9.17, 15) is 0 Å². The number of hydrogen-bond donors (Lipinski definition) is 1. The predicted octanol–water partition coefficient (Wildman–Crippen LogP) is 3.55. The van der Waals surface area contributed by atoms with Crippen molar-refractivity contribution in [2.45, 2.75) is 83.2 Å². The fraction of sp³-hybridized carbons (Fsp3) is 1.00. The number of rotatable bonds is 4. The maximum Gasteiger partial charge on any atom is 0.0249 e. The normalized spacial score (nSPS) is 30.0. The van der Waals surface area contributed by atoms with E-state index < -0.39 is 0 Å². The minimum atomic E-state index is 0.674. The first kappa shape index (κ1) is 14.3. The summed E-state index contributed by atoms with van der Waals surface area (Å²) in [5, 5.41) is 0. The van der Waals surface area contributed by atoms with Crippen LogP contribution in [-0.4, -0.2) is 30.1 Å². The molecule has 106 valence electrons. The summed E-state index contributed by atoms with van der Waals surface area (Å²) in [7, 11) is 0. The van der Waals surface area contributed by atoms with Gasteiger partial charge in [0.2, 0.25) is 0 Å². The lowest BCUT2D eigenvalue weighted by atomic mass is 9.87. The highest BCUT2D eigenvalue weighted by molar-refractivity contribution is 4.87. The Balaban J connectivity index is 2.00. The molecule has 1 saturated carbocycles. The van der Waals surface area contributed by atoms with Crippen molar-refractivity contribution in [3.05, 3.63) is 0 Å². The van der Waals surface area contributed by atoms with Crippen LogP contribution in [0.4, 0.5) is 0 Å². The van der Waals surface area contributed by atoms with Gasteiger partial charge in [0.15, 0.2) is 0 Å². The molecule has 0 aromatic carbocycles. The average Bonchev–Trinajstić information content (AvgIpc) is 2.69. The predicted molar refractivity (Wildman–Crippen MR) is 78.7 cm³/mol. The summed E-state index contributed by atoms with van der Waals surface area (Å²) in [5.41, 5.74) is 6.16. The van der Waals surface area contributed by atoms with Crippen LogP contribution < -0.4 is 5.73 Å². The van der Waals surface area contributed by atoms with Gasteiger partial charge in [-0.2, -0.15) is 0 Å². The van der Waals surface area contributed by atoms with Gasteiger partial charge >= 0.3 is 0 Å². The van der Waals surface area contributed by atoms with Gasteiger partial charge in [-0.1, -0.05) is 39.0 Å². The van der Waals surface area contributed by atoms with E-state index in [2.05, 4.69) is 11.8 Å². The van der Waals surface area contributed by atoms with E-state index in [1.165, 1.54) is 70.8 Å². The molecular formula is C16H32N2.